The Morgan fingerprint density at radius 3 is 2.17 bits per heavy atom. The SMILES string of the molecule is CCCCC(NC(=O)[C@@H]1C2[C@H](CN1C(=O)[C@@H](NC(=O)OC(C)(C)C)C(C)(C)C)C2(C)C)C(=O)C(=O)NCCOC. The first-order valence-corrected chi connectivity index (χ1v) is 14.3. The summed E-state index contributed by atoms with van der Waals surface area (Å²) in [7, 11) is 1.49. The van der Waals surface area contributed by atoms with Gasteiger partial charge in [-0.2, -0.15) is 0 Å². The first-order chi connectivity index (χ1) is 18.4. The molecule has 0 aromatic heterocycles. The molecule has 1 saturated heterocycles. The summed E-state index contributed by atoms with van der Waals surface area (Å²) in [5.41, 5.74) is -1.57. The van der Waals surface area contributed by atoms with Gasteiger partial charge in [0.05, 0.1) is 12.6 Å². The second-order valence-electron chi connectivity index (χ2n) is 13.7. The van der Waals surface area contributed by atoms with Crippen LogP contribution >= 0.6 is 0 Å². The maximum Gasteiger partial charge on any atom is 0.408 e. The third-order valence-electron chi connectivity index (χ3n) is 7.83. The van der Waals surface area contributed by atoms with E-state index in [1.165, 1.54) is 12.0 Å². The zero-order valence-electron chi connectivity index (χ0n) is 25.9. The first-order valence-electron chi connectivity index (χ1n) is 14.3. The molecular weight excluding hydrogens is 516 g/mol. The number of unbranched alkanes of at least 4 members (excludes halogenated alkanes) is 1. The lowest BCUT2D eigenvalue weighted by Crippen LogP contribution is -2.60. The van der Waals surface area contributed by atoms with E-state index in [2.05, 4.69) is 29.8 Å². The smallest absolute Gasteiger partial charge is 0.408 e. The molecule has 11 nitrogen and oxygen atoms in total. The van der Waals surface area contributed by atoms with E-state index >= 15 is 0 Å². The van der Waals surface area contributed by atoms with Crippen LogP contribution in [-0.2, 0) is 28.7 Å². The van der Waals surface area contributed by atoms with E-state index in [9.17, 15) is 24.0 Å². The maximum atomic E-state index is 14.0. The molecule has 2 aliphatic rings. The summed E-state index contributed by atoms with van der Waals surface area (Å²) >= 11 is 0. The number of hydrogen-bond donors (Lipinski definition) is 3. The van der Waals surface area contributed by atoms with Gasteiger partial charge in [-0.25, -0.2) is 4.79 Å². The Hall–Kier alpha value is -2.69. The topological polar surface area (TPSA) is 143 Å². The summed E-state index contributed by atoms with van der Waals surface area (Å²) in [5, 5.41) is 8.06. The molecule has 4 amide bonds. The molecule has 1 saturated carbocycles. The van der Waals surface area contributed by atoms with Gasteiger partial charge in [0.2, 0.25) is 17.6 Å². The number of likely N-dealkylation sites (tertiary alicyclic amines) is 1. The molecule has 1 aliphatic heterocycles. The summed E-state index contributed by atoms with van der Waals surface area (Å²) in [6.07, 6.45) is 1.01. The van der Waals surface area contributed by atoms with E-state index in [1.807, 2.05) is 27.7 Å². The van der Waals surface area contributed by atoms with Crippen molar-refractivity contribution in [1.29, 1.82) is 0 Å². The number of nitrogens with one attached hydrogen (secondary N) is 3. The monoisotopic (exact) mass is 566 g/mol. The van der Waals surface area contributed by atoms with Crippen molar-refractivity contribution in [3.05, 3.63) is 0 Å². The minimum atomic E-state index is -1.01. The highest BCUT2D eigenvalue weighted by molar-refractivity contribution is 6.38. The highest BCUT2D eigenvalue weighted by Crippen LogP contribution is 2.65. The van der Waals surface area contributed by atoms with Crippen molar-refractivity contribution in [3.63, 3.8) is 0 Å². The van der Waals surface area contributed by atoms with Crippen molar-refractivity contribution in [3.8, 4) is 0 Å². The van der Waals surface area contributed by atoms with Gasteiger partial charge in [-0.1, -0.05) is 54.4 Å². The number of methoxy groups -OCH3 is 1. The molecule has 1 aliphatic carbocycles. The van der Waals surface area contributed by atoms with Crippen LogP contribution in [0.25, 0.3) is 0 Å². The highest BCUT2D eigenvalue weighted by Gasteiger charge is 2.70. The molecule has 0 bridgehead atoms. The quantitative estimate of drug-likeness (QED) is 0.243. The van der Waals surface area contributed by atoms with Crippen LogP contribution in [0, 0.1) is 22.7 Å². The molecule has 2 rings (SSSR count). The van der Waals surface area contributed by atoms with E-state index in [1.54, 1.807) is 20.8 Å². The minimum Gasteiger partial charge on any atom is -0.444 e. The number of fused-ring (bicyclic) bond motifs is 1. The van der Waals surface area contributed by atoms with Crippen molar-refractivity contribution in [2.45, 2.75) is 105 Å². The fourth-order valence-electron chi connectivity index (χ4n) is 5.50. The summed E-state index contributed by atoms with van der Waals surface area (Å²) in [5.74, 6) is -2.34. The molecule has 2 fully saturated rings. The van der Waals surface area contributed by atoms with Crippen LogP contribution in [0.15, 0.2) is 0 Å². The van der Waals surface area contributed by atoms with Gasteiger partial charge in [0.1, 0.15) is 17.7 Å². The third kappa shape index (κ3) is 8.17. The Bertz CT molecular complexity index is 966. The highest BCUT2D eigenvalue weighted by atomic mass is 16.6. The number of carbonyl (C=O) groups is 5. The van der Waals surface area contributed by atoms with E-state index in [4.69, 9.17) is 9.47 Å². The zero-order valence-corrected chi connectivity index (χ0v) is 25.9. The molecule has 40 heavy (non-hydrogen) atoms. The third-order valence-corrected chi connectivity index (χ3v) is 7.83. The Morgan fingerprint density at radius 1 is 1.02 bits per heavy atom. The molecule has 228 valence electrons. The maximum absolute atomic E-state index is 14.0. The zero-order chi connectivity index (χ0) is 30.6. The number of carbonyl (C=O) groups excluding carboxylic acids is 5. The number of piperidine rings is 1. The molecule has 11 heteroatoms. The van der Waals surface area contributed by atoms with Gasteiger partial charge in [0, 0.05) is 20.2 Å². The lowest BCUT2D eigenvalue weighted by molar-refractivity contribution is -0.145. The van der Waals surface area contributed by atoms with Gasteiger partial charge in [-0.15, -0.1) is 0 Å². The Labute approximate surface area is 238 Å². The largest absolute Gasteiger partial charge is 0.444 e. The normalized spacial score (nSPS) is 22.9. The fourth-order valence-corrected chi connectivity index (χ4v) is 5.50. The van der Waals surface area contributed by atoms with Crippen molar-refractivity contribution in [1.82, 2.24) is 20.9 Å². The van der Waals surface area contributed by atoms with Gasteiger partial charge in [-0.05, 0) is 49.9 Å². The van der Waals surface area contributed by atoms with Crippen molar-refractivity contribution in [2.75, 3.05) is 26.8 Å². The number of alkyl carbamates (subject to hydrolysis) is 1. The number of hydrogen-bond acceptors (Lipinski definition) is 7. The number of ketones is 1. The average molecular weight is 567 g/mol. The fraction of sp³-hybridized carbons (Fsp3) is 0.828. The van der Waals surface area contributed by atoms with E-state index in [-0.39, 0.29) is 36.3 Å². The van der Waals surface area contributed by atoms with Crippen LogP contribution in [0.4, 0.5) is 4.79 Å². The average Bonchev–Trinajstić information content (AvgIpc) is 3.15. The molecule has 1 heterocycles. The number of Topliss-reactive ketones (excluding diaryl/α,β-unsaturated/α-hetero) is 1. The molecule has 0 aromatic rings. The van der Waals surface area contributed by atoms with Crippen molar-refractivity contribution < 1.29 is 33.4 Å². The van der Waals surface area contributed by atoms with Crippen LogP contribution in [0.1, 0.15) is 81.6 Å². The standard InChI is InChI=1S/C29H50N4O7/c1-11-12-13-18(21(34)24(36)30-14-15-39-10)31-23(35)20-19-17(29(19,8)9)16-33(20)25(37)22(27(2,3)4)32-26(38)40-28(5,6)7/h17-20,22H,11-16H2,1-10H3,(H,30,36)(H,31,35)(H,32,38)/t17-,18?,19?,20-,22+/m0/s1. The summed E-state index contributed by atoms with van der Waals surface area (Å²) in [6, 6.07) is -2.78. The van der Waals surface area contributed by atoms with Crippen molar-refractivity contribution in [2.24, 2.45) is 22.7 Å². The lowest BCUT2D eigenvalue weighted by Gasteiger charge is -2.38. The first kappa shape index (κ1) is 33.5. The van der Waals surface area contributed by atoms with Gasteiger partial charge in [0.25, 0.3) is 5.91 Å². The van der Waals surface area contributed by atoms with Gasteiger partial charge in [-0.3, -0.25) is 19.2 Å². The molecule has 3 N–H and O–H groups in total. The molecule has 5 atom stereocenters. The van der Waals surface area contributed by atoms with Gasteiger partial charge < -0.3 is 30.3 Å². The lowest BCUT2D eigenvalue weighted by atomic mass is 9.85. The number of rotatable bonds is 12. The Balaban J connectivity index is 2.29. The Morgan fingerprint density at radius 2 is 1.65 bits per heavy atom. The van der Waals surface area contributed by atoms with Crippen LogP contribution in [0.3, 0.4) is 0 Å². The minimum absolute atomic E-state index is 0.101. The second kappa shape index (κ2) is 12.9. The van der Waals surface area contributed by atoms with Crippen LogP contribution in [0.5, 0.6) is 0 Å². The molecule has 2 unspecified atom stereocenters. The van der Waals surface area contributed by atoms with Crippen LogP contribution < -0.4 is 16.0 Å². The summed E-state index contributed by atoms with van der Waals surface area (Å²) < 4.78 is 10.3. The predicted molar refractivity (Wildman–Crippen MR) is 150 cm³/mol. The number of ether oxygens (including phenoxy) is 2. The van der Waals surface area contributed by atoms with Crippen LogP contribution in [0.2, 0.25) is 0 Å². The van der Waals surface area contributed by atoms with Crippen molar-refractivity contribution >= 4 is 29.6 Å². The summed E-state index contributed by atoms with van der Waals surface area (Å²) in [6.45, 7) is 17.6. The second-order valence-corrected chi connectivity index (χ2v) is 13.7. The van der Waals surface area contributed by atoms with E-state index in [0.717, 1.165) is 6.42 Å². The Kier molecular flexibility index (Phi) is 10.8. The van der Waals surface area contributed by atoms with Gasteiger partial charge >= 0.3 is 6.09 Å². The molecule has 0 aromatic carbocycles. The van der Waals surface area contributed by atoms with Crippen LogP contribution in [-0.4, -0.2) is 85.0 Å². The molecule has 0 spiro atoms. The molecule has 0 radical (unpaired) electrons. The number of amides is 4. The number of nitrogens with zero attached hydrogens (tertiary/aromatic N) is 1. The molecular formula is C29H50N4O7. The predicted octanol–water partition coefficient (Wildman–Crippen LogP) is 2.42. The van der Waals surface area contributed by atoms with E-state index < -0.39 is 52.8 Å². The summed E-state index contributed by atoms with van der Waals surface area (Å²) in [4.78, 5) is 67.4. The van der Waals surface area contributed by atoms with Gasteiger partial charge in [0.15, 0.2) is 0 Å². The van der Waals surface area contributed by atoms with E-state index in [0.29, 0.717) is 19.4 Å².